The molecule has 1 aliphatic heterocycles. The van der Waals surface area contributed by atoms with Gasteiger partial charge < -0.3 is 29.7 Å². The van der Waals surface area contributed by atoms with E-state index in [2.05, 4.69) is 73.2 Å². The monoisotopic (exact) mass is 574 g/mol. The van der Waals surface area contributed by atoms with E-state index in [-0.39, 0.29) is 23.0 Å². The van der Waals surface area contributed by atoms with Gasteiger partial charge in [0.25, 0.3) is 0 Å². The third-order valence-electron chi connectivity index (χ3n) is 6.06. The minimum atomic E-state index is 0. The molecule has 0 atom stereocenters. The van der Waals surface area contributed by atoms with E-state index in [9.17, 15) is 0 Å². The Kier molecular flexibility index (Phi) is 12.0. The van der Waals surface area contributed by atoms with E-state index < -0.39 is 0 Å². The van der Waals surface area contributed by atoms with E-state index in [0.717, 1.165) is 61.0 Å². The van der Waals surface area contributed by atoms with Crippen molar-refractivity contribution >= 4 is 47.0 Å². The second-order valence-electron chi connectivity index (χ2n) is 8.59. The molecule has 0 amide bonds. The van der Waals surface area contributed by atoms with Crippen LogP contribution in [0.25, 0.3) is 11.3 Å². The van der Waals surface area contributed by atoms with Crippen LogP contribution in [0.2, 0.25) is 0 Å². The molecule has 1 aromatic heterocycles. The van der Waals surface area contributed by atoms with E-state index in [4.69, 9.17) is 29.7 Å². The van der Waals surface area contributed by atoms with Gasteiger partial charge in [-0.2, -0.15) is 10.2 Å². The van der Waals surface area contributed by atoms with Gasteiger partial charge in [0, 0.05) is 37.7 Å². The Morgan fingerprint density at radius 3 is 2.28 bits per heavy atom. The first kappa shape index (κ1) is 29.9. The summed E-state index contributed by atoms with van der Waals surface area (Å²) in [6, 6.07) is 10.6. The quantitative estimate of drug-likeness (QED) is 0.172. The number of hydrogen-bond donors (Lipinski definition) is 2. The van der Waals surface area contributed by atoms with E-state index in [1.54, 1.807) is 14.1 Å². The molecule has 36 heavy (non-hydrogen) atoms. The smallest absolute Gasteiger partial charge is 0.741 e. The van der Waals surface area contributed by atoms with Gasteiger partial charge >= 0.3 is 17.1 Å². The number of nitrogens with zero attached hydrogens (tertiary/aromatic N) is 5. The molecule has 2 aromatic rings. The molecule has 1 fully saturated rings. The molecule has 2 N–H and O–H groups in total. The van der Waals surface area contributed by atoms with Crippen molar-refractivity contribution in [1.82, 2.24) is 15.8 Å². The average Bonchev–Trinajstić information content (AvgIpc) is 3.23. The van der Waals surface area contributed by atoms with Crippen LogP contribution in [0.15, 0.2) is 54.9 Å². The number of rotatable bonds is 7. The van der Waals surface area contributed by atoms with Crippen LogP contribution in [0, 0.1) is 19.8 Å². The van der Waals surface area contributed by atoms with Gasteiger partial charge in [-0.1, -0.05) is 23.8 Å². The minimum Gasteiger partial charge on any atom is -0.741 e. The first-order valence-corrected chi connectivity index (χ1v) is 12.4. The Labute approximate surface area is 235 Å². The molecule has 1 radical (unpaired) electrons. The molecule has 0 aliphatic carbocycles. The summed E-state index contributed by atoms with van der Waals surface area (Å²) in [7, 11) is 3.26. The number of benzene rings is 1. The first-order chi connectivity index (χ1) is 16.8. The zero-order valence-corrected chi connectivity index (χ0v) is 23.8. The molecule has 1 aromatic carbocycles. The summed E-state index contributed by atoms with van der Waals surface area (Å²) in [5, 5.41) is 9.57. The average molecular weight is 575 g/mol. The van der Waals surface area contributed by atoms with Crippen LogP contribution in [0.5, 0.6) is 0 Å². The number of hydrogen-bond acceptors (Lipinski definition) is 8. The van der Waals surface area contributed by atoms with E-state index in [1.165, 1.54) is 11.1 Å². The van der Waals surface area contributed by atoms with Crippen molar-refractivity contribution < 1.29 is 21.5 Å². The van der Waals surface area contributed by atoms with Crippen molar-refractivity contribution in [3.05, 3.63) is 47.2 Å². The maximum Gasteiger partial charge on any atom is 2.00 e. The van der Waals surface area contributed by atoms with Crippen molar-refractivity contribution in [1.29, 1.82) is 0 Å². The minimum absolute atomic E-state index is 0. The van der Waals surface area contributed by atoms with Crippen molar-refractivity contribution in [2.75, 3.05) is 27.2 Å². The Morgan fingerprint density at radius 1 is 1.03 bits per heavy atom. The number of piperidine rings is 1. The Morgan fingerprint density at radius 2 is 1.67 bits per heavy atom. The van der Waals surface area contributed by atoms with Crippen LogP contribution in [0.1, 0.15) is 36.7 Å². The van der Waals surface area contributed by atoms with Crippen molar-refractivity contribution in [2.45, 2.75) is 40.2 Å². The van der Waals surface area contributed by atoms with Gasteiger partial charge in [0.15, 0.2) is 0 Å². The fraction of sp³-hybridized carbons (Fsp3) is 0.440. The summed E-state index contributed by atoms with van der Waals surface area (Å²) in [4.78, 5) is 10.3. The molecule has 8 nitrogen and oxygen atoms in total. The molecule has 2 heterocycles. The maximum absolute atomic E-state index is 6.09. The fourth-order valence-electron chi connectivity index (χ4n) is 4.09. The largest absolute Gasteiger partial charge is 2.00 e. The van der Waals surface area contributed by atoms with Crippen LogP contribution < -0.4 is 10.9 Å². The molecule has 0 unspecified atom stereocenters. The summed E-state index contributed by atoms with van der Waals surface area (Å²) in [5.74, 6) is 2.13. The Bertz CT molecular complexity index is 1140. The van der Waals surface area contributed by atoms with Gasteiger partial charge in [0.1, 0.15) is 11.5 Å². The molecule has 3 rings (SSSR count). The number of nitrogens with one attached hydrogen (secondary N) is 2. The van der Waals surface area contributed by atoms with Crippen molar-refractivity contribution in [3.63, 3.8) is 0 Å². The van der Waals surface area contributed by atoms with Crippen LogP contribution in [-0.2, 0) is 48.9 Å². The number of furan rings is 1. The van der Waals surface area contributed by atoms with Crippen LogP contribution >= 0.6 is 0 Å². The maximum atomic E-state index is 6.09. The summed E-state index contributed by atoms with van der Waals surface area (Å²) in [6.45, 7) is 8.79. The van der Waals surface area contributed by atoms with E-state index in [1.807, 2.05) is 13.8 Å². The number of aryl methyl sites for hydroxylation is 2. The van der Waals surface area contributed by atoms with Crippen molar-refractivity contribution in [2.24, 2.45) is 26.1 Å². The molecule has 11 heteroatoms. The fourth-order valence-corrected chi connectivity index (χ4v) is 4.18. The molecule has 0 bridgehead atoms. The molecule has 1 aliphatic rings. The van der Waals surface area contributed by atoms with Gasteiger partial charge in [-0.3, -0.25) is 25.7 Å². The summed E-state index contributed by atoms with van der Waals surface area (Å²) < 4.78 is 6.09. The van der Waals surface area contributed by atoms with Crippen molar-refractivity contribution in [3.8, 4) is 11.3 Å². The van der Waals surface area contributed by atoms with Crippen LogP contribution in [0.4, 0.5) is 0 Å². The zero-order valence-electron chi connectivity index (χ0n) is 21.3. The number of likely N-dealkylation sites (tertiary alicyclic amines) is 1. The van der Waals surface area contributed by atoms with Gasteiger partial charge in [-0.05, 0) is 69.2 Å². The molecular formula is C25H33CuN7OS2. The topological polar surface area (TPSA) is 89.9 Å². The number of aliphatic imine (C=N–C) groups is 2. The number of hydrazone groups is 2. The summed E-state index contributed by atoms with van der Waals surface area (Å²) >= 11 is 10.2. The molecule has 0 saturated carbocycles. The normalized spacial score (nSPS) is 16.6. The summed E-state index contributed by atoms with van der Waals surface area (Å²) in [5.41, 5.74) is 10.8. The standard InChI is InChI=1S/C25H35N7OS2.Cu/c1-16-7-6-8-20(13-16)22-14-21(18(3)33-22)15-32-11-9-19(10-12-32)23(29-31-25(35)27-5)17(2)28-30-24(34)26-4;/h6-8,13-14,19H,9-12,15H2,1-5H3,(H2,26,30,34)(H2,27,31,35);/q;+2/p-2/b28-17+,29-23-;. The second kappa shape index (κ2) is 14.4. The SMILES string of the molecule is CN=C([S-])N/N=C(C)/C(=N/NC([S-])=NC)C1CCN(Cc2cc(-c3cccc(C)c3)oc2C)CC1.[Cu+2]. The molecule has 0 spiro atoms. The van der Waals surface area contributed by atoms with E-state index in [0.29, 0.717) is 10.3 Å². The van der Waals surface area contributed by atoms with Gasteiger partial charge in [-0.25, -0.2) is 0 Å². The van der Waals surface area contributed by atoms with Gasteiger partial charge in [0.2, 0.25) is 0 Å². The van der Waals surface area contributed by atoms with Gasteiger partial charge in [0.05, 0.1) is 11.4 Å². The van der Waals surface area contributed by atoms with E-state index >= 15 is 0 Å². The second-order valence-corrected chi connectivity index (χ2v) is 9.36. The third-order valence-corrected chi connectivity index (χ3v) is 6.61. The predicted molar refractivity (Wildman–Crippen MR) is 150 cm³/mol. The molecule has 1 saturated heterocycles. The molecular weight excluding hydrogens is 542 g/mol. The summed E-state index contributed by atoms with van der Waals surface area (Å²) in [6.07, 6.45) is 1.90. The van der Waals surface area contributed by atoms with Crippen LogP contribution in [0.3, 0.4) is 0 Å². The molecule has 197 valence electrons. The Balaban J connectivity index is 0.00000456. The first-order valence-electron chi connectivity index (χ1n) is 11.6. The van der Waals surface area contributed by atoms with Crippen LogP contribution in [-0.4, -0.2) is 53.8 Å². The Hall–Kier alpha value is -2.30. The number of amidine groups is 2. The van der Waals surface area contributed by atoms with Gasteiger partial charge in [-0.15, -0.1) is 0 Å². The third kappa shape index (κ3) is 8.38. The zero-order chi connectivity index (χ0) is 25.4. The predicted octanol–water partition coefficient (Wildman–Crippen LogP) is 3.75.